The van der Waals surface area contributed by atoms with Gasteiger partial charge in [0.25, 0.3) is 0 Å². The van der Waals surface area contributed by atoms with Crippen molar-refractivity contribution in [1.29, 1.82) is 0 Å². The van der Waals surface area contributed by atoms with Gasteiger partial charge in [0.05, 0.1) is 11.2 Å². The Morgan fingerprint density at radius 1 is 1.11 bits per heavy atom. The summed E-state index contributed by atoms with van der Waals surface area (Å²) in [5, 5.41) is 0. The van der Waals surface area contributed by atoms with Crippen LogP contribution in [0.2, 0.25) is 0 Å². The Bertz CT molecular complexity index is 888. The molecule has 0 aromatic rings. The van der Waals surface area contributed by atoms with E-state index in [9.17, 15) is 0 Å². The first-order chi connectivity index (χ1) is 16.7. The minimum atomic E-state index is 0.0446. The minimum Gasteiger partial charge on any atom is -0.359 e. The molecule has 4 fully saturated rings. The maximum absolute atomic E-state index is 7.51. The highest BCUT2D eigenvalue weighted by atomic mass is 16.5. The van der Waals surface area contributed by atoms with Gasteiger partial charge in [-0.05, 0) is 136 Å². The number of ether oxygens (including phenoxy) is 1. The fourth-order valence-corrected chi connectivity index (χ4v) is 10.5. The molecule has 0 aromatic heterocycles. The summed E-state index contributed by atoms with van der Waals surface area (Å²) in [6.07, 6.45) is 20.1. The van der Waals surface area contributed by atoms with Crippen molar-refractivity contribution < 1.29 is 4.74 Å². The smallest absolute Gasteiger partial charge is 0.0944 e. The van der Waals surface area contributed by atoms with Crippen LogP contribution in [0.4, 0.5) is 0 Å². The van der Waals surface area contributed by atoms with Gasteiger partial charge < -0.3 is 9.64 Å². The summed E-state index contributed by atoms with van der Waals surface area (Å²) in [5.74, 6) is 5.84. The van der Waals surface area contributed by atoms with Crippen molar-refractivity contribution in [2.24, 2.45) is 46.8 Å². The highest BCUT2D eigenvalue weighted by Gasteiger charge is 2.67. The fraction of sp³-hybridized carbons (Fsp3) is 0.879. The van der Waals surface area contributed by atoms with Gasteiger partial charge in [0, 0.05) is 6.54 Å². The lowest BCUT2D eigenvalue weighted by molar-refractivity contribution is -0.150. The van der Waals surface area contributed by atoms with Crippen LogP contribution < -0.4 is 0 Å². The van der Waals surface area contributed by atoms with E-state index in [0.29, 0.717) is 5.41 Å². The lowest BCUT2D eigenvalue weighted by Crippen LogP contribution is -2.55. The lowest BCUT2D eigenvalue weighted by atomic mass is 9.55. The second kappa shape index (κ2) is 8.72. The quantitative estimate of drug-likeness (QED) is 0.395. The number of allylic oxidation sites excluding steroid dienone is 1. The average Bonchev–Trinajstić information content (AvgIpc) is 3.33. The molecular weight excluding hydrogens is 426 g/mol. The molecule has 3 aliphatic heterocycles. The summed E-state index contributed by atoms with van der Waals surface area (Å²) in [5.41, 5.74) is 3.84. The Morgan fingerprint density at radius 2 is 1.94 bits per heavy atom. The number of hydrogen-bond donors (Lipinski definition) is 0. The van der Waals surface area contributed by atoms with Crippen molar-refractivity contribution in [2.75, 3.05) is 20.1 Å². The average molecular weight is 480 g/mol. The molecule has 9 unspecified atom stereocenters. The highest BCUT2D eigenvalue weighted by molar-refractivity contribution is 5.46. The molecule has 0 radical (unpaired) electrons. The number of hydrogen-bond acceptors (Lipinski definition) is 2. The first-order valence-electron chi connectivity index (χ1n) is 15.5. The molecule has 9 atom stereocenters. The van der Waals surface area contributed by atoms with Crippen LogP contribution in [0.15, 0.2) is 23.3 Å². The van der Waals surface area contributed by atoms with E-state index in [0.717, 1.165) is 41.4 Å². The lowest BCUT2D eigenvalue weighted by Gasteiger charge is -2.56. The Kier molecular flexibility index (Phi) is 6.16. The molecule has 6 aliphatic rings. The summed E-state index contributed by atoms with van der Waals surface area (Å²) >= 11 is 0. The first kappa shape index (κ1) is 24.7. The molecule has 2 nitrogen and oxygen atoms in total. The number of likely N-dealkylation sites (tertiary alicyclic amines) is 1. The van der Waals surface area contributed by atoms with Crippen LogP contribution in [0.5, 0.6) is 0 Å². The van der Waals surface area contributed by atoms with Gasteiger partial charge in [0.15, 0.2) is 0 Å². The fourth-order valence-electron chi connectivity index (χ4n) is 10.5. The predicted molar refractivity (Wildman–Crippen MR) is 146 cm³/mol. The number of piperidine rings is 1. The maximum Gasteiger partial charge on any atom is 0.0944 e. The number of fused-ring (bicyclic) bond motifs is 1. The minimum absolute atomic E-state index is 0.0446. The Balaban J connectivity index is 1.20. The SMILES string of the molecule is CC(C)C1CC=C2C=C3CCC4(C)C(C(C)CCC5CCN(C)CC5C)CCC4C34CCC2(C1)O4. The molecule has 2 spiro atoms. The van der Waals surface area contributed by atoms with E-state index in [1.807, 2.05) is 0 Å². The maximum atomic E-state index is 7.51. The molecule has 2 saturated carbocycles. The van der Waals surface area contributed by atoms with E-state index in [4.69, 9.17) is 4.74 Å². The van der Waals surface area contributed by atoms with Gasteiger partial charge in [-0.2, -0.15) is 0 Å². The molecule has 0 N–H and O–H groups in total. The summed E-state index contributed by atoms with van der Waals surface area (Å²) in [6.45, 7) is 15.3. The Hall–Kier alpha value is -0.600. The van der Waals surface area contributed by atoms with Crippen LogP contribution >= 0.6 is 0 Å². The van der Waals surface area contributed by atoms with E-state index in [-0.39, 0.29) is 11.2 Å². The topological polar surface area (TPSA) is 12.5 Å². The third-order valence-corrected chi connectivity index (χ3v) is 12.7. The second-order valence-electron chi connectivity index (χ2n) is 14.8. The van der Waals surface area contributed by atoms with Crippen LogP contribution in [0.25, 0.3) is 0 Å². The van der Waals surface area contributed by atoms with Crippen LogP contribution in [-0.2, 0) is 4.74 Å². The zero-order valence-electron chi connectivity index (χ0n) is 23.7. The van der Waals surface area contributed by atoms with Crippen molar-refractivity contribution in [3.8, 4) is 0 Å². The molecule has 2 saturated heterocycles. The zero-order valence-corrected chi connectivity index (χ0v) is 23.7. The van der Waals surface area contributed by atoms with E-state index in [1.165, 1.54) is 83.7 Å². The Labute approximate surface area is 216 Å². The molecular formula is C33H53NO. The molecule has 3 aliphatic carbocycles. The third-order valence-electron chi connectivity index (χ3n) is 12.7. The summed E-state index contributed by atoms with van der Waals surface area (Å²) in [4.78, 5) is 2.54. The second-order valence-corrected chi connectivity index (χ2v) is 14.8. The van der Waals surface area contributed by atoms with Crippen molar-refractivity contribution in [3.63, 3.8) is 0 Å². The van der Waals surface area contributed by atoms with Crippen molar-refractivity contribution >= 4 is 0 Å². The molecule has 3 heterocycles. The van der Waals surface area contributed by atoms with Crippen molar-refractivity contribution in [3.05, 3.63) is 23.3 Å². The standard InChI is InChI=1S/C33H53NO/c1-22(2)26-9-10-27-19-28-13-15-31(5)29(23(3)7-8-25-14-18-34(6)21-24(25)4)11-12-30(31)33(28)17-16-32(27,20-26)35-33/h10,19,22-26,29-30H,7-9,11-18,20-21H2,1-6H3. The third kappa shape index (κ3) is 3.77. The van der Waals surface area contributed by atoms with E-state index < -0.39 is 0 Å². The van der Waals surface area contributed by atoms with Gasteiger partial charge in [-0.25, -0.2) is 0 Å². The van der Waals surface area contributed by atoms with Gasteiger partial charge in [0.2, 0.25) is 0 Å². The molecule has 0 amide bonds. The van der Waals surface area contributed by atoms with Crippen molar-refractivity contribution in [1.82, 2.24) is 4.90 Å². The van der Waals surface area contributed by atoms with E-state index in [2.05, 4.69) is 58.7 Å². The number of rotatable bonds is 5. The molecule has 0 aromatic carbocycles. The molecule has 35 heavy (non-hydrogen) atoms. The van der Waals surface area contributed by atoms with Crippen LogP contribution in [0.1, 0.15) is 105 Å². The van der Waals surface area contributed by atoms with Gasteiger partial charge >= 0.3 is 0 Å². The molecule has 2 heteroatoms. The first-order valence-corrected chi connectivity index (χ1v) is 15.5. The summed E-state index contributed by atoms with van der Waals surface area (Å²) in [6, 6.07) is 0. The van der Waals surface area contributed by atoms with Crippen molar-refractivity contribution in [2.45, 2.75) is 116 Å². The van der Waals surface area contributed by atoms with Gasteiger partial charge in [-0.3, -0.25) is 0 Å². The normalized spacial score (nSPS) is 48.1. The van der Waals surface area contributed by atoms with E-state index >= 15 is 0 Å². The van der Waals surface area contributed by atoms with Crippen LogP contribution in [0.3, 0.4) is 0 Å². The van der Waals surface area contributed by atoms with Gasteiger partial charge in [-0.1, -0.05) is 53.2 Å². The van der Waals surface area contributed by atoms with Gasteiger partial charge in [-0.15, -0.1) is 0 Å². The van der Waals surface area contributed by atoms with E-state index in [1.54, 1.807) is 11.1 Å². The molecule has 196 valence electrons. The number of nitrogens with zero attached hydrogens (tertiary/aromatic N) is 1. The van der Waals surface area contributed by atoms with Crippen LogP contribution in [-0.4, -0.2) is 36.2 Å². The van der Waals surface area contributed by atoms with Gasteiger partial charge in [0.1, 0.15) is 0 Å². The molecule has 2 bridgehead atoms. The monoisotopic (exact) mass is 479 g/mol. The zero-order chi connectivity index (χ0) is 24.6. The molecule has 6 rings (SSSR count). The summed E-state index contributed by atoms with van der Waals surface area (Å²) in [7, 11) is 2.30. The predicted octanol–water partition coefficient (Wildman–Crippen LogP) is 8.04. The summed E-state index contributed by atoms with van der Waals surface area (Å²) < 4.78 is 7.51. The Morgan fingerprint density at radius 3 is 2.71 bits per heavy atom. The van der Waals surface area contributed by atoms with Crippen LogP contribution in [0, 0.1) is 46.8 Å². The largest absolute Gasteiger partial charge is 0.359 e. The highest BCUT2D eigenvalue weighted by Crippen LogP contribution is 2.69.